The van der Waals surface area contributed by atoms with E-state index in [1.807, 2.05) is 39.8 Å². The van der Waals surface area contributed by atoms with Crippen molar-refractivity contribution in [2.24, 2.45) is 5.92 Å². The first-order valence-electron chi connectivity index (χ1n) is 9.74. The third-order valence-electron chi connectivity index (χ3n) is 4.57. The lowest BCUT2D eigenvalue weighted by molar-refractivity contribution is -0.154. The Morgan fingerprint density at radius 3 is 2.31 bits per heavy atom. The van der Waals surface area contributed by atoms with Crippen molar-refractivity contribution in [2.75, 3.05) is 19.7 Å². The second kappa shape index (κ2) is 9.96. The largest absolute Gasteiger partial charge is 0.455 e. The molecule has 160 valence electrons. The van der Waals surface area contributed by atoms with Crippen LogP contribution in [-0.4, -0.2) is 48.2 Å². The van der Waals surface area contributed by atoms with Crippen molar-refractivity contribution in [1.82, 2.24) is 10.2 Å². The standard InChI is InChI=1S/C21H29ClN2O5/c1-14(15-5-7-17(22)8-6-15)23-18(25)13-28-19(26)16-9-11-24(12-10-16)20(27)29-21(2,3)4/h5-8,14,16H,9-13H2,1-4H3,(H,23,25)/t14-/m1/s1. The molecule has 2 rings (SSSR count). The molecule has 0 radical (unpaired) electrons. The summed E-state index contributed by atoms with van der Waals surface area (Å²) in [6.45, 7) is 7.80. The molecule has 1 atom stereocenters. The number of likely N-dealkylation sites (tertiary alicyclic amines) is 1. The van der Waals surface area contributed by atoms with Crippen LogP contribution in [-0.2, 0) is 19.1 Å². The fourth-order valence-electron chi connectivity index (χ4n) is 3.00. The van der Waals surface area contributed by atoms with Crippen LogP contribution >= 0.6 is 11.6 Å². The Kier molecular flexibility index (Phi) is 7.90. The molecule has 0 spiro atoms. The number of amides is 2. The number of hydrogen-bond donors (Lipinski definition) is 1. The van der Waals surface area contributed by atoms with Gasteiger partial charge >= 0.3 is 12.1 Å². The molecule has 7 nitrogen and oxygen atoms in total. The highest BCUT2D eigenvalue weighted by atomic mass is 35.5. The number of carbonyl (C=O) groups excluding carboxylic acids is 3. The minimum atomic E-state index is -0.552. The Morgan fingerprint density at radius 2 is 1.76 bits per heavy atom. The van der Waals surface area contributed by atoms with E-state index in [1.165, 1.54) is 0 Å². The van der Waals surface area contributed by atoms with Crippen LogP contribution in [0, 0.1) is 5.92 Å². The summed E-state index contributed by atoms with van der Waals surface area (Å²) in [5.41, 5.74) is 0.354. The highest BCUT2D eigenvalue weighted by Gasteiger charge is 2.31. The Labute approximate surface area is 176 Å². The van der Waals surface area contributed by atoms with Crippen LogP contribution in [0.25, 0.3) is 0 Å². The highest BCUT2D eigenvalue weighted by Crippen LogP contribution is 2.21. The Morgan fingerprint density at radius 1 is 1.17 bits per heavy atom. The minimum Gasteiger partial charge on any atom is -0.455 e. The molecule has 0 aromatic heterocycles. The maximum atomic E-state index is 12.2. The van der Waals surface area contributed by atoms with Gasteiger partial charge in [-0.1, -0.05) is 23.7 Å². The average Bonchev–Trinajstić information content (AvgIpc) is 2.65. The summed E-state index contributed by atoms with van der Waals surface area (Å²) in [5.74, 6) is -1.11. The van der Waals surface area contributed by atoms with Gasteiger partial charge in [-0.25, -0.2) is 4.79 Å². The van der Waals surface area contributed by atoms with Gasteiger partial charge in [0, 0.05) is 18.1 Å². The molecule has 29 heavy (non-hydrogen) atoms. The van der Waals surface area contributed by atoms with Gasteiger partial charge in [0.05, 0.1) is 12.0 Å². The van der Waals surface area contributed by atoms with E-state index in [1.54, 1.807) is 17.0 Å². The smallest absolute Gasteiger partial charge is 0.410 e. The van der Waals surface area contributed by atoms with Crippen LogP contribution < -0.4 is 5.32 Å². The quantitative estimate of drug-likeness (QED) is 0.728. The van der Waals surface area contributed by atoms with Crippen LogP contribution in [0.1, 0.15) is 52.1 Å². The molecule has 1 N–H and O–H groups in total. The third kappa shape index (κ3) is 7.57. The monoisotopic (exact) mass is 424 g/mol. The molecule has 1 aliphatic heterocycles. The maximum Gasteiger partial charge on any atom is 0.410 e. The van der Waals surface area contributed by atoms with E-state index in [2.05, 4.69) is 5.32 Å². The van der Waals surface area contributed by atoms with E-state index in [-0.39, 0.29) is 30.6 Å². The van der Waals surface area contributed by atoms with Crippen molar-refractivity contribution < 1.29 is 23.9 Å². The topological polar surface area (TPSA) is 84.9 Å². The molecule has 8 heteroatoms. The zero-order valence-electron chi connectivity index (χ0n) is 17.4. The molecule has 1 fully saturated rings. The fraction of sp³-hybridized carbons (Fsp3) is 0.571. The molecule has 0 saturated carbocycles. The van der Waals surface area contributed by atoms with E-state index in [0.717, 1.165) is 5.56 Å². The molecule has 1 aliphatic rings. The number of halogens is 1. The second-order valence-electron chi connectivity index (χ2n) is 8.19. The SMILES string of the molecule is C[C@@H](NC(=O)COC(=O)C1CCN(C(=O)OC(C)(C)C)CC1)c1ccc(Cl)cc1. The number of ether oxygens (including phenoxy) is 2. The summed E-state index contributed by atoms with van der Waals surface area (Å²) < 4.78 is 10.5. The number of rotatable bonds is 5. The van der Waals surface area contributed by atoms with Gasteiger partial charge in [0.2, 0.25) is 0 Å². The van der Waals surface area contributed by atoms with Gasteiger partial charge in [-0.15, -0.1) is 0 Å². The zero-order valence-corrected chi connectivity index (χ0v) is 18.1. The van der Waals surface area contributed by atoms with E-state index in [0.29, 0.717) is 31.0 Å². The molecule has 0 bridgehead atoms. The van der Waals surface area contributed by atoms with E-state index in [4.69, 9.17) is 21.1 Å². The van der Waals surface area contributed by atoms with Crippen LogP contribution in [0.15, 0.2) is 24.3 Å². The lowest BCUT2D eigenvalue weighted by atomic mass is 9.97. The Hall–Kier alpha value is -2.28. The Bertz CT molecular complexity index is 722. The molecule has 0 aliphatic carbocycles. The van der Waals surface area contributed by atoms with Crippen molar-refractivity contribution in [3.05, 3.63) is 34.9 Å². The summed E-state index contributed by atoms with van der Waals surface area (Å²) in [5, 5.41) is 3.41. The van der Waals surface area contributed by atoms with Gasteiger partial charge in [0.25, 0.3) is 5.91 Å². The number of nitrogens with one attached hydrogen (secondary N) is 1. The van der Waals surface area contributed by atoms with Gasteiger partial charge in [-0.3, -0.25) is 9.59 Å². The van der Waals surface area contributed by atoms with Gasteiger partial charge in [0.15, 0.2) is 6.61 Å². The minimum absolute atomic E-state index is 0.226. The van der Waals surface area contributed by atoms with Crippen LogP contribution in [0.5, 0.6) is 0 Å². The first kappa shape index (κ1) is 23.0. The average molecular weight is 425 g/mol. The second-order valence-corrected chi connectivity index (χ2v) is 8.63. The number of benzene rings is 1. The summed E-state index contributed by atoms with van der Waals surface area (Å²) in [6.07, 6.45) is 0.599. The van der Waals surface area contributed by atoms with Crippen molar-refractivity contribution in [1.29, 1.82) is 0 Å². The third-order valence-corrected chi connectivity index (χ3v) is 4.82. The summed E-state index contributed by atoms with van der Waals surface area (Å²) >= 11 is 5.86. The van der Waals surface area contributed by atoms with Gasteiger partial charge in [-0.2, -0.15) is 0 Å². The van der Waals surface area contributed by atoms with Gasteiger partial charge in [-0.05, 0) is 58.2 Å². The van der Waals surface area contributed by atoms with Crippen molar-refractivity contribution in [3.8, 4) is 0 Å². The molecule has 1 saturated heterocycles. The molecule has 0 unspecified atom stereocenters. The number of esters is 1. The maximum absolute atomic E-state index is 12.2. The summed E-state index contributed by atoms with van der Waals surface area (Å²) in [6, 6.07) is 6.94. The molecule has 2 amide bonds. The Balaban J connectivity index is 1.72. The first-order valence-corrected chi connectivity index (χ1v) is 10.1. The van der Waals surface area contributed by atoms with Crippen molar-refractivity contribution in [2.45, 2.75) is 52.2 Å². The highest BCUT2D eigenvalue weighted by molar-refractivity contribution is 6.30. The summed E-state index contributed by atoms with van der Waals surface area (Å²) in [4.78, 5) is 38.0. The number of carbonyl (C=O) groups is 3. The molecular weight excluding hydrogens is 396 g/mol. The van der Waals surface area contributed by atoms with Crippen LogP contribution in [0.2, 0.25) is 5.02 Å². The van der Waals surface area contributed by atoms with Crippen molar-refractivity contribution in [3.63, 3.8) is 0 Å². The lowest BCUT2D eigenvalue weighted by Gasteiger charge is -2.32. The van der Waals surface area contributed by atoms with Gasteiger partial charge < -0.3 is 19.7 Å². The fourth-order valence-corrected chi connectivity index (χ4v) is 3.12. The van der Waals surface area contributed by atoms with Crippen LogP contribution in [0.4, 0.5) is 4.79 Å². The number of piperidine rings is 1. The summed E-state index contributed by atoms with van der Waals surface area (Å²) in [7, 11) is 0. The first-order chi connectivity index (χ1) is 13.5. The predicted octanol–water partition coefficient (Wildman–Crippen LogP) is 3.71. The van der Waals surface area contributed by atoms with E-state index in [9.17, 15) is 14.4 Å². The molecular formula is C21H29ClN2O5. The zero-order chi connectivity index (χ0) is 21.6. The molecule has 1 heterocycles. The normalized spacial score (nSPS) is 16.1. The molecule has 1 aromatic rings. The molecule has 1 aromatic carbocycles. The van der Waals surface area contributed by atoms with E-state index < -0.39 is 11.6 Å². The van der Waals surface area contributed by atoms with Gasteiger partial charge in [0.1, 0.15) is 5.60 Å². The van der Waals surface area contributed by atoms with Crippen molar-refractivity contribution >= 4 is 29.6 Å². The van der Waals surface area contributed by atoms with Crippen LogP contribution in [0.3, 0.4) is 0 Å². The van der Waals surface area contributed by atoms with E-state index >= 15 is 0 Å². The predicted molar refractivity (Wildman–Crippen MR) is 109 cm³/mol. The number of nitrogens with zero attached hydrogens (tertiary/aromatic N) is 1. The lowest BCUT2D eigenvalue weighted by Crippen LogP contribution is -2.43. The number of hydrogen-bond acceptors (Lipinski definition) is 5.